The number of esters is 1. The summed E-state index contributed by atoms with van der Waals surface area (Å²) in [5.74, 6) is -1.14. The number of hydrogen-bond acceptors (Lipinski definition) is 4. The van der Waals surface area contributed by atoms with Gasteiger partial charge in [0.2, 0.25) is 0 Å². The van der Waals surface area contributed by atoms with Gasteiger partial charge in [0.1, 0.15) is 0 Å². The summed E-state index contributed by atoms with van der Waals surface area (Å²) in [6.07, 6.45) is -2.14. The van der Waals surface area contributed by atoms with Crippen LogP contribution in [0, 0.1) is 0 Å². The Balaban J connectivity index is 1.59. The van der Waals surface area contributed by atoms with Gasteiger partial charge in [-0.05, 0) is 11.1 Å². The highest BCUT2D eigenvalue weighted by atomic mass is 35.5. The minimum Gasteiger partial charge on any atom is -0.454 e. The predicted octanol–water partition coefficient (Wildman–Crippen LogP) is 3.62. The lowest BCUT2D eigenvalue weighted by Gasteiger charge is -2.21. The topological polar surface area (TPSA) is 44.8 Å². The maximum atomic E-state index is 14.5. The number of benzene rings is 2. The standard InChI is InChI=1S/C19H18ClFO4/c20-19(21)17(24-12-15-9-5-2-6-10-15)16(25-18(19)22)13-23-11-14-7-3-1-4-8-14/h1-10,16-17H,11-13H2/t16-,17+,19-/m1/s1. The van der Waals surface area contributed by atoms with E-state index in [0.717, 1.165) is 11.1 Å². The summed E-state index contributed by atoms with van der Waals surface area (Å²) in [6, 6.07) is 18.7. The lowest BCUT2D eigenvalue weighted by molar-refractivity contribution is -0.148. The fourth-order valence-corrected chi connectivity index (χ4v) is 2.84. The minimum absolute atomic E-state index is 0.00151. The average Bonchev–Trinajstić information content (AvgIpc) is 2.84. The first kappa shape index (κ1) is 17.9. The smallest absolute Gasteiger partial charge is 0.363 e. The predicted molar refractivity (Wildman–Crippen MR) is 90.7 cm³/mol. The second-order valence-corrected chi connectivity index (χ2v) is 6.33. The van der Waals surface area contributed by atoms with E-state index in [-0.39, 0.29) is 13.2 Å². The maximum Gasteiger partial charge on any atom is 0.363 e. The number of rotatable bonds is 7. The van der Waals surface area contributed by atoms with Crippen LogP contribution in [0.4, 0.5) is 4.39 Å². The molecule has 4 nitrogen and oxygen atoms in total. The van der Waals surface area contributed by atoms with Crippen LogP contribution < -0.4 is 0 Å². The molecule has 0 spiro atoms. The molecule has 3 rings (SSSR count). The molecule has 3 atom stereocenters. The number of halogens is 2. The van der Waals surface area contributed by atoms with Gasteiger partial charge in [-0.1, -0.05) is 72.3 Å². The zero-order chi connectivity index (χ0) is 17.7. The van der Waals surface area contributed by atoms with Crippen molar-refractivity contribution in [3.8, 4) is 0 Å². The number of cyclic esters (lactones) is 1. The van der Waals surface area contributed by atoms with E-state index in [2.05, 4.69) is 0 Å². The monoisotopic (exact) mass is 364 g/mol. The summed E-state index contributed by atoms with van der Waals surface area (Å²) < 4.78 is 30.6. The number of alkyl halides is 2. The highest BCUT2D eigenvalue weighted by molar-refractivity contribution is 6.33. The number of ether oxygens (including phenoxy) is 3. The van der Waals surface area contributed by atoms with Gasteiger partial charge in [-0.2, -0.15) is 0 Å². The van der Waals surface area contributed by atoms with Crippen LogP contribution >= 0.6 is 11.6 Å². The minimum atomic E-state index is -2.71. The van der Waals surface area contributed by atoms with E-state index < -0.39 is 23.3 Å². The van der Waals surface area contributed by atoms with Crippen LogP contribution in [0.3, 0.4) is 0 Å². The van der Waals surface area contributed by atoms with Gasteiger partial charge in [0.15, 0.2) is 12.2 Å². The molecule has 0 radical (unpaired) electrons. The van der Waals surface area contributed by atoms with E-state index in [4.69, 9.17) is 25.8 Å². The zero-order valence-electron chi connectivity index (χ0n) is 13.4. The first-order valence-electron chi connectivity index (χ1n) is 7.93. The molecule has 6 heteroatoms. The second-order valence-electron chi connectivity index (χ2n) is 5.78. The Hall–Kier alpha value is -1.95. The van der Waals surface area contributed by atoms with Crippen molar-refractivity contribution >= 4 is 17.6 Å². The first-order valence-corrected chi connectivity index (χ1v) is 8.31. The Morgan fingerprint density at radius 1 is 1.00 bits per heavy atom. The molecule has 2 aromatic carbocycles. The molecule has 132 valence electrons. The van der Waals surface area contributed by atoms with Gasteiger partial charge < -0.3 is 14.2 Å². The molecule has 1 saturated heterocycles. The summed E-state index contributed by atoms with van der Waals surface area (Å²) in [5, 5.41) is -2.71. The molecule has 1 aliphatic heterocycles. The van der Waals surface area contributed by atoms with Crippen molar-refractivity contribution in [1.82, 2.24) is 0 Å². The first-order chi connectivity index (χ1) is 12.1. The Labute approximate surface area is 150 Å². The Kier molecular flexibility index (Phi) is 5.68. The summed E-state index contributed by atoms with van der Waals surface area (Å²) in [5.41, 5.74) is 1.81. The van der Waals surface area contributed by atoms with Crippen LogP contribution in [0.25, 0.3) is 0 Å². The fraction of sp³-hybridized carbons (Fsp3) is 0.316. The van der Waals surface area contributed by atoms with E-state index in [1.807, 2.05) is 60.7 Å². The highest BCUT2D eigenvalue weighted by Crippen LogP contribution is 2.37. The van der Waals surface area contributed by atoms with Gasteiger partial charge in [0.05, 0.1) is 19.8 Å². The van der Waals surface area contributed by atoms with E-state index in [0.29, 0.717) is 6.61 Å². The van der Waals surface area contributed by atoms with E-state index >= 15 is 0 Å². The van der Waals surface area contributed by atoms with Crippen LogP contribution in [0.1, 0.15) is 11.1 Å². The van der Waals surface area contributed by atoms with Crippen molar-refractivity contribution in [3.63, 3.8) is 0 Å². The Morgan fingerprint density at radius 3 is 2.16 bits per heavy atom. The van der Waals surface area contributed by atoms with Crippen molar-refractivity contribution in [2.75, 3.05) is 6.61 Å². The van der Waals surface area contributed by atoms with Gasteiger partial charge >= 0.3 is 11.1 Å². The SMILES string of the molecule is O=C1O[C@H](COCc2ccccc2)[C@H](OCc2ccccc2)[C@]1(F)Cl. The maximum absolute atomic E-state index is 14.5. The molecule has 0 aliphatic carbocycles. The molecule has 1 heterocycles. The summed E-state index contributed by atoms with van der Waals surface area (Å²) in [6.45, 7) is 0.441. The van der Waals surface area contributed by atoms with Crippen molar-refractivity contribution in [1.29, 1.82) is 0 Å². The van der Waals surface area contributed by atoms with Gasteiger partial charge in [-0.3, -0.25) is 0 Å². The number of hydrogen-bond donors (Lipinski definition) is 0. The zero-order valence-corrected chi connectivity index (χ0v) is 14.2. The van der Waals surface area contributed by atoms with Crippen molar-refractivity contribution in [2.45, 2.75) is 30.5 Å². The van der Waals surface area contributed by atoms with Crippen LogP contribution in [0.5, 0.6) is 0 Å². The Bertz CT molecular complexity index is 693. The summed E-state index contributed by atoms with van der Waals surface area (Å²) in [7, 11) is 0. The van der Waals surface area contributed by atoms with E-state index in [1.54, 1.807) is 0 Å². The molecule has 0 amide bonds. The van der Waals surface area contributed by atoms with Crippen LogP contribution in [-0.4, -0.2) is 29.9 Å². The average molecular weight is 365 g/mol. The largest absolute Gasteiger partial charge is 0.454 e. The molecule has 2 aromatic rings. The van der Waals surface area contributed by atoms with Crippen LogP contribution in [0.2, 0.25) is 0 Å². The quantitative estimate of drug-likeness (QED) is 0.556. The van der Waals surface area contributed by atoms with Gasteiger partial charge in [-0.25, -0.2) is 9.18 Å². The summed E-state index contributed by atoms with van der Waals surface area (Å²) in [4.78, 5) is 11.7. The normalized spacial score (nSPS) is 25.8. The molecule has 0 saturated carbocycles. The van der Waals surface area contributed by atoms with E-state index in [1.165, 1.54) is 0 Å². The summed E-state index contributed by atoms with van der Waals surface area (Å²) >= 11 is 5.72. The third-order valence-electron chi connectivity index (χ3n) is 3.89. The van der Waals surface area contributed by atoms with Crippen LogP contribution in [0.15, 0.2) is 60.7 Å². The Morgan fingerprint density at radius 2 is 1.56 bits per heavy atom. The van der Waals surface area contributed by atoms with Crippen molar-refractivity contribution in [2.24, 2.45) is 0 Å². The van der Waals surface area contributed by atoms with Gasteiger partial charge in [0, 0.05) is 0 Å². The lowest BCUT2D eigenvalue weighted by Crippen LogP contribution is -2.40. The van der Waals surface area contributed by atoms with Crippen molar-refractivity contribution in [3.05, 3.63) is 71.8 Å². The second kappa shape index (κ2) is 7.95. The third kappa shape index (κ3) is 4.37. The molecule has 0 aromatic heterocycles. The fourth-order valence-electron chi connectivity index (χ4n) is 2.59. The van der Waals surface area contributed by atoms with Gasteiger partial charge in [-0.15, -0.1) is 0 Å². The molecule has 0 unspecified atom stereocenters. The number of carbonyl (C=O) groups excluding carboxylic acids is 1. The molecular formula is C19H18ClFO4. The highest BCUT2D eigenvalue weighted by Gasteiger charge is 2.59. The molecule has 1 aliphatic rings. The van der Waals surface area contributed by atoms with Gasteiger partial charge in [0.25, 0.3) is 0 Å². The molecule has 25 heavy (non-hydrogen) atoms. The molecular weight excluding hydrogens is 347 g/mol. The van der Waals surface area contributed by atoms with Crippen molar-refractivity contribution < 1.29 is 23.4 Å². The third-order valence-corrected chi connectivity index (χ3v) is 4.26. The van der Waals surface area contributed by atoms with E-state index in [9.17, 15) is 9.18 Å². The molecule has 0 N–H and O–H groups in total. The molecule has 0 bridgehead atoms. The number of carbonyl (C=O) groups is 1. The lowest BCUT2D eigenvalue weighted by atomic mass is 10.1. The molecule has 1 fully saturated rings. The van der Waals surface area contributed by atoms with Crippen LogP contribution in [-0.2, 0) is 32.2 Å².